The molecule has 1 heterocycles. The van der Waals surface area contributed by atoms with Crippen molar-refractivity contribution in [1.29, 1.82) is 0 Å². The molecule has 0 saturated heterocycles. The van der Waals surface area contributed by atoms with E-state index in [0.29, 0.717) is 18.3 Å². The summed E-state index contributed by atoms with van der Waals surface area (Å²) in [4.78, 5) is 12.7. The highest BCUT2D eigenvalue weighted by Gasteiger charge is 2.40. The number of hydrogen-bond donors (Lipinski definition) is 3. The van der Waals surface area contributed by atoms with Crippen molar-refractivity contribution in [2.24, 2.45) is 17.8 Å². The number of para-hydroxylation sites is 1. The highest BCUT2D eigenvalue weighted by Crippen LogP contribution is 2.45. The van der Waals surface area contributed by atoms with Crippen LogP contribution in [-0.2, 0) is 11.2 Å². The minimum absolute atomic E-state index is 0.0230. The summed E-state index contributed by atoms with van der Waals surface area (Å²) in [5.74, 6) is 0.386. The average molecular weight is 341 g/mol. The lowest BCUT2D eigenvalue weighted by Gasteiger charge is -2.41. The maximum absolute atomic E-state index is 12.7. The normalized spacial score (nSPS) is 26.6. The van der Waals surface area contributed by atoms with Gasteiger partial charge in [-0.15, -0.1) is 0 Å². The maximum atomic E-state index is 12.7. The fraction of sp³-hybridized carbons (Fsp3) is 0.526. The van der Waals surface area contributed by atoms with Crippen LogP contribution in [0.5, 0.6) is 0 Å². The molecule has 1 amide bonds. The Morgan fingerprint density at radius 2 is 2.00 bits per heavy atom. The van der Waals surface area contributed by atoms with Crippen LogP contribution in [0.15, 0.2) is 34.9 Å². The molecule has 25 heavy (non-hydrogen) atoms. The summed E-state index contributed by atoms with van der Waals surface area (Å²) < 4.78 is 5.52. The Hall–Kier alpha value is -1.79. The number of benzene rings is 1. The van der Waals surface area contributed by atoms with E-state index in [1.54, 1.807) is 6.26 Å². The molecule has 3 saturated carbocycles. The van der Waals surface area contributed by atoms with Crippen molar-refractivity contribution in [2.45, 2.75) is 44.5 Å². The van der Waals surface area contributed by atoms with Crippen LogP contribution in [0, 0.1) is 17.8 Å². The second kappa shape index (κ2) is 6.85. The molecule has 2 aromatic rings. The predicted octanol–water partition coefficient (Wildman–Crippen LogP) is 2.30. The molecule has 2 atom stereocenters. The topological polar surface area (TPSA) is 82.7 Å². The van der Waals surface area contributed by atoms with Gasteiger partial charge in [-0.3, -0.25) is 4.79 Å². The molecule has 0 aliphatic heterocycles. The minimum atomic E-state index is -1.60. The average Bonchev–Trinajstić information content (AvgIpc) is 3.05. The molecule has 2 bridgehead atoms. The van der Waals surface area contributed by atoms with Crippen LogP contribution in [0.2, 0.25) is 0 Å². The zero-order valence-corrected chi connectivity index (χ0v) is 14.2. The molecule has 6 heteroatoms. The lowest BCUT2D eigenvalue weighted by atomic mass is 9.64. The number of rotatable bonds is 5. The second-order valence-corrected chi connectivity index (χ2v) is 7.61. The number of carbonyl (C=O) groups is 1. The van der Waals surface area contributed by atoms with Gasteiger partial charge in [0, 0.05) is 11.3 Å². The monoisotopic (exact) mass is 341 g/mol. The van der Waals surface area contributed by atoms with Crippen LogP contribution < -0.4 is 5.32 Å². The summed E-state index contributed by atoms with van der Waals surface area (Å²) in [6.07, 6.45) is 7.64. The van der Waals surface area contributed by atoms with Crippen molar-refractivity contribution in [3.05, 3.63) is 36.1 Å². The van der Waals surface area contributed by atoms with Crippen molar-refractivity contribution in [2.75, 3.05) is 0 Å². The van der Waals surface area contributed by atoms with E-state index in [4.69, 9.17) is 4.42 Å². The quantitative estimate of drug-likeness (QED) is 0.729. The van der Waals surface area contributed by atoms with E-state index in [0.717, 1.165) is 35.8 Å². The summed E-state index contributed by atoms with van der Waals surface area (Å²) in [5.41, 5.74) is 1.64. The SMILES string of the molecule is O=C(N[C@@H](Cc1coc2ccccc12)B(O)O)[C@@H]1CC2CCC1CC2. The second-order valence-electron chi connectivity index (χ2n) is 7.61. The molecule has 5 rings (SSSR count). The highest BCUT2D eigenvalue weighted by atomic mass is 16.4. The number of furan rings is 1. The van der Waals surface area contributed by atoms with Gasteiger partial charge in [0.15, 0.2) is 0 Å². The first kappa shape index (κ1) is 16.7. The molecule has 3 fully saturated rings. The van der Waals surface area contributed by atoms with Crippen molar-refractivity contribution in [1.82, 2.24) is 5.32 Å². The Morgan fingerprint density at radius 1 is 1.24 bits per heavy atom. The summed E-state index contributed by atoms with van der Waals surface area (Å²) >= 11 is 0. The van der Waals surface area contributed by atoms with E-state index in [1.165, 1.54) is 12.8 Å². The van der Waals surface area contributed by atoms with Crippen LogP contribution >= 0.6 is 0 Å². The van der Waals surface area contributed by atoms with E-state index < -0.39 is 13.1 Å². The van der Waals surface area contributed by atoms with Crippen LogP contribution in [0.1, 0.15) is 37.7 Å². The Labute approximate surface area is 147 Å². The molecule has 3 aliphatic rings. The third kappa shape index (κ3) is 3.33. The van der Waals surface area contributed by atoms with Gasteiger partial charge in [0.25, 0.3) is 0 Å². The van der Waals surface area contributed by atoms with Crippen molar-refractivity contribution in [3.63, 3.8) is 0 Å². The molecule has 3 N–H and O–H groups in total. The number of fused-ring (bicyclic) bond motifs is 4. The summed E-state index contributed by atoms with van der Waals surface area (Å²) in [6, 6.07) is 7.63. The van der Waals surface area contributed by atoms with E-state index in [-0.39, 0.29) is 11.8 Å². The number of nitrogens with one attached hydrogen (secondary N) is 1. The van der Waals surface area contributed by atoms with Gasteiger partial charge in [-0.25, -0.2) is 0 Å². The Kier molecular flexibility index (Phi) is 4.57. The zero-order chi connectivity index (χ0) is 17.4. The number of hydrogen-bond acceptors (Lipinski definition) is 4. The first-order chi connectivity index (χ1) is 12.1. The van der Waals surface area contributed by atoms with Gasteiger partial charge in [-0.2, -0.15) is 0 Å². The van der Waals surface area contributed by atoms with Crippen molar-refractivity contribution < 1.29 is 19.3 Å². The van der Waals surface area contributed by atoms with E-state index >= 15 is 0 Å². The smallest absolute Gasteiger partial charge is 0.464 e. The first-order valence-electron chi connectivity index (χ1n) is 9.23. The highest BCUT2D eigenvalue weighted by molar-refractivity contribution is 6.43. The largest absolute Gasteiger partial charge is 0.475 e. The number of amides is 1. The van der Waals surface area contributed by atoms with Crippen LogP contribution in [0.4, 0.5) is 0 Å². The van der Waals surface area contributed by atoms with Gasteiger partial charge in [0.1, 0.15) is 5.58 Å². The fourth-order valence-corrected chi connectivity index (χ4v) is 4.65. The number of carbonyl (C=O) groups excluding carboxylic acids is 1. The van der Waals surface area contributed by atoms with Gasteiger partial charge in [-0.05, 0) is 49.1 Å². The van der Waals surface area contributed by atoms with Crippen LogP contribution in [-0.4, -0.2) is 29.0 Å². The third-order valence-corrected chi connectivity index (χ3v) is 6.07. The van der Waals surface area contributed by atoms with Gasteiger partial charge in [0.05, 0.1) is 12.2 Å². The van der Waals surface area contributed by atoms with Gasteiger partial charge < -0.3 is 19.8 Å². The zero-order valence-electron chi connectivity index (χ0n) is 14.2. The van der Waals surface area contributed by atoms with Crippen molar-refractivity contribution >= 4 is 24.0 Å². The predicted molar refractivity (Wildman–Crippen MR) is 95.6 cm³/mol. The fourth-order valence-electron chi connectivity index (χ4n) is 4.65. The summed E-state index contributed by atoms with van der Waals surface area (Å²) in [7, 11) is -1.60. The van der Waals surface area contributed by atoms with Crippen molar-refractivity contribution in [3.8, 4) is 0 Å². The molecular weight excluding hydrogens is 317 g/mol. The van der Waals surface area contributed by atoms with E-state index in [1.807, 2.05) is 24.3 Å². The minimum Gasteiger partial charge on any atom is -0.464 e. The molecule has 0 spiro atoms. The molecule has 3 aliphatic carbocycles. The molecule has 0 radical (unpaired) electrons. The molecule has 0 unspecified atom stereocenters. The maximum Gasteiger partial charge on any atom is 0.475 e. The van der Waals surface area contributed by atoms with Gasteiger partial charge >= 0.3 is 7.12 Å². The van der Waals surface area contributed by atoms with Crippen LogP contribution in [0.3, 0.4) is 0 Å². The third-order valence-electron chi connectivity index (χ3n) is 6.07. The van der Waals surface area contributed by atoms with E-state index in [2.05, 4.69) is 5.32 Å². The summed E-state index contributed by atoms with van der Waals surface area (Å²) in [6.45, 7) is 0. The van der Waals surface area contributed by atoms with Crippen LogP contribution in [0.25, 0.3) is 11.0 Å². The Balaban J connectivity index is 1.47. The molecule has 5 nitrogen and oxygen atoms in total. The molecule has 1 aromatic heterocycles. The molecule has 132 valence electrons. The lowest BCUT2D eigenvalue weighted by Crippen LogP contribution is -2.52. The van der Waals surface area contributed by atoms with E-state index in [9.17, 15) is 14.8 Å². The van der Waals surface area contributed by atoms with Gasteiger partial charge in [-0.1, -0.05) is 31.0 Å². The molecule has 1 aromatic carbocycles. The Morgan fingerprint density at radius 3 is 2.68 bits per heavy atom. The standard InChI is InChI=1S/C19H24BNO4/c22-19(16-9-12-5-7-13(16)8-6-12)21-18(20(23)24)10-14-11-25-17-4-2-1-3-15(14)17/h1-4,11-13,16,18,23-24H,5-10H2,(H,21,22)/t12?,13?,16-,18+/m1/s1. The first-order valence-corrected chi connectivity index (χ1v) is 9.23. The lowest BCUT2D eigenvalue weighted by molar-refractivity contribution is -0.130. The molecular formula is C19H24BNO4. The van der Waals surface area contributed by atoms with Gasteiger partial charge in [0.2, 0.25) is 5.91 Å². The Bertz CT molecular complexity index is 751. The summed E-state index contributed by atoms with van der Waals surface area (Å²) in [5, 5.41) is 23.4.